The van der Waals surface area contributed by atoms with Crippen molar-refractivity contribution in [1.29, 1.82) is 0 Å². The van der Waals surface area contributed by atoms with Crippen molar-refractivity contribution < 1.29 is 9.47 Å². The Labute approximate surface area is 107 Å². The average Bonchev–Trinajstić information content (AvgIpc) is 2.75. The van der Waals surface area contributed by atoms with Gasteiger partial charge in [0.1, 0.15) is 17.3 Å². The van der Waals surface area contributed by atoms with Crippen LogP contribution in [-0.2, 0) is 0 Å². The van der Waals surface area contributed by atoms with Gasteiger partial charge in [0.05, 0.1) is 24.9 Å². The highest BCUT2D eigenvalue weighted by atomic mass is 79.9. The van der Waals surface area contributed by atoms with Crippen LogP contribution in [0.15, 0.2) is 22.8 Å². The van der Waals surface area contributed by atoms with Crippen LogP contribution in [0.25, 0.3) is 11.1 Å². The van der Waals surface area contributed by atoms with Crippen molar-refractivity contribution in [2.45, 2.75) is 0 Å². The summed E-state index contributed by atoms with van der Waals surface area (Å²) in [7, 11) is 3.21. The maximum atomic E-state index is 5.82. The number of ether oxygens (including phenoxy) is 2. The minimum atomic E-state index is 0.484. The Kier molecular flexibility index (Phi) is 3.23. The summed E-state index contributed by atoms with van der Waals surface area (Å²) in [6.07, 6.45) is 1.65. The number of nitrogens with one attached hydrogen (secondary N) is 1. The molecule has 0 aliphatic heterocycles. The molecule has 1 aromatic carbocycles. The molecule has 6 heteroatoms. The van der Waals surface area contributed by atoms with Crippen LogP contribution in [0.5, 0.6) is 11.5 Å². The minimum absolute atomic E-state index is 0.484. The number of hydrogen-bond acceptors (Lipinski definition) is 4. The quantitative estimate of drug-likeness (QED) is 0.913. The molecule has 0 radical (unpaired) electrons. The Hall–Kier alpha value is -1.69. The molecule has 0 unspecified atom stereocenters. The fraction of sp³-hybridized carbons (Fsp3) is 0.182. The van der Waals surface area contributed by atoms with E-state index < -0.39 is 0 Å². The van der Waals surface area contributed by atoms with Gasteiger partial charge in [-0.2, -0.15) is 5.10 Å². The standard InChI is InChI=1S/C11H12BrN3O2/c1-16-7-3-4-8(17-2)10(12)9(7)6-5-14-15-11(6)13/h3-5H,1-2H3,(H3,13,14,15). The number of aromatic nitrogens is 2. The van der Waals surface area contributed by atoms with E-state index in [0.717, 1.165) is 15.6 Å². The normalized spacial score (nSPS) is 10.3. The van der Waals surface area contributed by atoms with Gasteiger partial charge in [-0.15, -0.1) is 0 Å². The highest BCUT2D eigenvalue weighted by molar-refractivity contribution is 9.10. The van der Waals surface area contributed by atoms with Crippen LogP contribution in [0.3, 0.4) is 0 Å². The summed E-state index contributed by atoms with van der Waals surface area (Å²) in [4.78, 5) is 0. The predicted octanol–water partition coefficient (Wildman–Crippen LogP) is 2.44. The molecular weight excluding hydrogens is 286 g/mol. The molecule has 3 N–H and O–H groups in total. The topological polar surface area (TPSA) is 73.2 Å². The van der Waals surface area contributed by atoms with E-state index in [-0.39, 0.29) is 0 Å². The van der Waals surface area contributed by atoms with Gasteiger partial charge in [-0.1, -0.05) is 0 Å². The zero-order chi connectivity index (χ0) is 12.4. The van der Waals surface area contributed by atoms with E-state index in [1.807, 2.05) is 12.1 Å². The maximum absolute atomic E-state index is 5.82. The molecule has 2 aromatic rings. The van der Waals surface area contributed by atoms with Crippen LogP contribution in [-0.4, -0.2) is 24.4 Å². The van der Waals surface area contributed by atoms with Gasteiger partial charge in [0.25, 0.3) is 0 Å². The number of benzene rings is 1. The second-order valence-electron chi connectivity index (χ2n) is 3.36. The molecule has 0 fully saturated rings. The number of H-pyrrole nitrogens is 1. The van der Waals surface area contributed by atoms with E-state index in [1.165, 1.54) is 0 Å². The Morgan fingerprint density at radius 2 is 1.88 bits per heavy atom. The van der Waals surface area contributed by atoms with Crippen LogP contribution < -0.4 is 15.2 Å². The number of rotatable bonds is 3. The lowest BCUT2D eigenvalue weighted by atomic mass is 10.1. The first-order valence-corrected chi connectivity index (χ1v) is 5.68. The van der Waals surface area contributed by atoms with Crippen molar-refractivity contribution in [2.75, 3.05) is 20.0 Å². The molecule has 90 valence electrons. The van der Waals surface area contributed by atoms with Gasteiger partial charge in [0.15, 0.2) is 0 Å². The lowest BCUT2D eigenvalue weighted by Crippen LogP contribution is -1.94. The number of nitrogen functional groups attached to an aromatic ring is 1. The molecule has 0 atom stereocenters. The fourth-order valence-electron chi connectivity index (χ4n) is 1.61. The third kappa shape index (κ3) is 1.95. The number of hydrogen-bond donors (Lipinski definition) is 2. The molecule has 17 heavy (non-hydrogen) atoms. The summed E-state index contributed by atoms with van der Waals surface area (Å²) in [5.74, 6) is 1.89. The molecule has 2 rings (SSSR count). The van der Waals surface area contributed by atoms with Gasteiger partial charge in [-0.05, 0) is 28.1 Å². The average molecular weight is 298 g/mol. The van der Waals surface area contributed by atoms with Gasteiger partial charge in [-0.3, -0.25) is 5.10 Å². The molecule has 0 spiro atoms. The van der Waals surface area contributed by atoms with Crippen LogP contribution in [0.2, 0.25) is 0 Å². The summed E-state index contributed by atoms with van der Waals surface area (Å²) in [5.41, 5.74) is 7.41. The summed E-state index contributed by atoms with van der Waals surface area (Å²) in [6.45, 7) is 0. The van der Waals surface area contributed by atoms with Gasteiger partial charge in [-0.25, -0.2) is 0 Å². The number of methoxy groups -OCH3 is 2. The molecule has 0 bridgehead atoms. The van der Waals surface area contributed by atoms with E-state index in [4.69, 9.17) is 15.2 Å². The second kappa shape index (κ2) is 4.67. The minimum Gasteiger partial charge on any atom is -0.496 e. The zero-order valence-corrected chi connectivity index (χ0v) is 11.0. The van der Waals surface area contributed by atoms with Crippen LogP contribution >= 0.6 is 15.9 Å². The molecule has 0 aliphatic carbocycles. The summed E-state index contributed by atoms with van der Waals surface area (Å²) in [6, 6.07) is 3.65. The van der Waals surface area contributed by atoms with E-state index in [9.17, 15) is 0 Å². The molecule has 1 aromatic heterocycles. The summed E-state index contributed by atoms with van der Waals surface area (Å²) < 4.78 is 11.4. The smallest absolute Gasteiger partial charge is 0.133 e. The first kappa shape index (κ1) is 11.8. The lowest BCUT2D eigenvalue weighted by molar-refractivity contribution is 0.402. The highest BCUT2D eigenvalue weighted by Gasteiger charge is 2.17. The third-order valence-electron chi connectivity index (χ3n) is 2.45. The molecule has 1 heterocycles. The Morgan fingerprint density at radius 1 is 1.24 bits per heavy atom. The summed E-state index contributed by atoms with van der Waals surface area (Å²) in [5, 5.41) is 6.60. The van der Waals surface area contributed by atoms with E-state index in [1.54, 1.807) is 20.4 Å². The van der Waals surface area contributed by atoms with Gasteiger partial charge in [0, 0.05) is 11.1 Å². The lowest BCUT2D eigenvalue weighted by Gasteiger charge is -2.12. The summed E-state index contributed by atoms with van der Waals surface area (Å²) >= 11 is 3.49. The van der Waals surface area contributed by atoms with Crippen LogP contribution in [0, 0.1) is 0 Å². The highest BCUT2D eigenvalue weighted by Crippen LogP contribution is 2.43. The molecule has 0 aliphatic rings. The second-order valence-corrected chi connectivity index (χ2v) is 4.15. The van der Waals surface area contributed by atoms with Crippen LogP contribution in [0.4, 0.5) is 5.82 Å². The SMILES string of the molecule is COc1ccc(OC)c(-c2cn[nH]c2N)c1Br. The molecule has 5 nitrogen and oxygen atoms in total. The number of nitrogens with zero attached hydrogens (tertiary/aromatic N) is 1. The first-order chi connectivity index (χ1) is 8.19. The largest absolute Gasteiger partial charge is 0.496 e. The van der Waals surface area contributed by atoms with Gasteiger partial charge in [0.2, 0.25) is 0 Å². The Balaban J connectivity index is 2.70. The zero-order valence-electron chi connectivity index (χ0n) is 9.45. The first-order valence-electron chi connectivity index (χ1n) is 4.88. The van der Waals surface area contributed by atoms with Crippen molar-refractivity contribution in [3.05, 3.63) is 22.8 Å². The predicted molar refractivity (Wildman–Crippen MR) is 69.2 cm³/mol. The number of aromatic amines is 1. The van der Waals surface area contributed by atoms with Crippen molar-refractivity contribution >= 4 is 21.7 Å². The van der Waals surface area contributed by atoms with Gasteiger partial charge >= 0.3 is 0 Å². The Bertz CT molecular complexity index is 540. The molecule has 0 amide bonds. The van der Waals surface area contributed by atoms with Crippen molar-refractivity contribution in [1.82, 2.24) is 10.2 Å². The fourth-order valence-corrected chi connectivity index (χ4v) is 2.32. The van der Waals surface area contributed by atoms with Gasteiger partial charge < -0.3 is 15.2 Å². The van der Waals surface area contributed by atoms with E-state index >= 15 is 0 Å². The molecule has 0 saturated carbocycles. The Morgan fingerprint density at radius 3 is 2.41 bits per heavy atom. The van der Waals surface area contributed by atoms with E-state index in [2.05, 4.69) is 26.1 Å². The number of halogens is 1. The molecule has 0 saturated heterocycles. The van der Waals surface area contributed by atoms with Crippen molar-refractivity contribution in [3.63, 3.8) is 0 Å². The van der Waals surface area contributed by atoms with Crippen molar-refractivity contribution in [2.24, 2.45) is 0 Å². The maximum Gasteiger partial charge on any atom is 0.133 e. The number of nitrogens with two attached hydrogens (primary N) is 1. The number of anilines is 1. The monoisotopic (exact) mass is 297 g/mol. The van der Waals surface area contributed by atoms with Crippen LogP contribution in [0.1, 0.15) is 0 Å². The van der Waals surface area contributed by atoms with Crippen molar-refractivity contribution in [3.8, 4) is 22.6 Å². The van der Waals surface area contributed by atoms with E-state index in [0.29, 0.717) is 17.3 Å². The third-order valence-corrected chi connectivity index (χ3v) is 3.23. The molecular formula is C11H12BrN3O2.